The molecule has 0 bridgehead atoms. The molecule has 0 atom stereocenters. The summed E-state index contributed by atoms with van der Waals surface area (Å²) in [6, 6.07) is 7.71. The van der Waals surface area contributed by atoms with Crippen molar-refractivity contribution >= 4 is 5.52 Å². The summed E-state index contributed by atoms with van der Waals surface area (Å²) in [5.41, 5.74) is 3.48. The monoisotopic (exact) mass is 377 g/mol. The van der Waals surface area contributed by atoms with Crippen LogP contribution < -0.4 is 10.3 Å². The SMILES string of the molecule is Cc1cn(C)nc1-c1ccc(Oc2cn3c(C(C)C)ncc3c(=O)n2C)cc1. The van der Waals surface area contributed by atoms with Crippen molar-refractivity contribution < 1.29 is 4.74 Å². The molecule has 0 fully saturated rings. The van der Waals surface area contributed by atoms with Crippen LogP contribution in [0.5, 0.6) is 11.6 Å². The van der Waals surface area contributed by atoms with Crippen molar-refractivity contribution in [2.45, 2.75) is 26.7 Å². The third kappa shape index (κ3) is 2.98. The van der Waals surface area contributed by atoms with E-state index >= 15 is 0 Å². The summed E-state index contributed by atoms with van der Waals surface area (Å²) in [5.74, 6) is 2.14. The lowest BCUT2D eigenvalue weighted by atomic mass is 10.1. The maximum atomic E-state index is 12.7. The van der Waals surface area contributed by atoms with Crippen LogP contribution in [0.2, 0.25) is 0 Å². The number of aryl methyl sites for hydroxylation is 2. The van der Waals surface area contributed by atoms with E-state index in [1.54, 1.807) is 17.9 Å². The summed E-state index contributed by atoms with van der Waals surface area (Å²) >= 11 is 0. The minimum Gasteiger partial charge on any atom is -0.439 e. The highest BCUT2D eigenvalue weighted by Crippen LogP contribution is 2.27. The van der Waals surface area contributed by atoms with Crippen LogP contribution in [0.3, 0.4) is 0 Å². The van der Waals surface area contributed by atoms with Crippen molar-refractivity contribution in [3.05, 3.63) is 64.6 Å². The molecule has 7 heteroatoms. The highest BCUT2D eigenvalue weighted by Gasteiger charge is 2.15. The molecule has 0 spiro atoms. The smallest absolute Gasteiger partial charge is 0.279 e. The zero-order chi connectivity index (χ0) is 20.0. The van der Waals surface area contributed by atoms with Gasteiger partial charge in [0.15, 0.2) is 0 Å². The molecule has 3 heterocycles. The summed E-state index contributed by atoms with van der Waals surface area (Å²) in [4.78, 5) is 17.1. The zero-order valence-corrected chi connectivity index (χ0v) is 16.7. The van der Waals surface area contributed by atoms with Gasteiger partial charge in [-0.25, -0.2) is 4.98 Å². The van der Waals surface area contributed by atoms with Gasteiger partial charge in [0.2, 0.25) is 5.88 Å². The quantitative estimate of drug-likeness (QED) is 0.544. The van der Waals surface area contributed by atoms with E-state index in [2.05, 4.69) is 10.1 Å². The van der Waals surface area contributed by atoms with E-state index in [1.165, 1.54) is 4.57 Å². The molecular formula is C21H23N5O2. The van der Waals surface area contributed by atoms with E-state index in [-0.39, 0.29) is 11.5 Å². The van der Waals surface area contributed by atoms with Crippen LogP contribution in [0.4, 0.5) is 0 Å². The highest BCUT2D eigenvalue weighted by atomic mass is 16.5. The average molecular weight is 377 g/mol. The van der Waals surface area contributed by atoms with Crippen molar-refractivity contribution in [1.29, 1.82) is 0 Å². The van der Waals surface area contributed by atoms with Crippen LogP contribution in [-0.2, 0) is 14.1 Å². The van der Waals surface area contributed by atoms with E-state index < -0.39 is 0 Å². The summed E-state index contributed by atoms with van der Waals surface area (Å²) in [7, 11) is 3.61. The second kappa shape index (κ2) is 6.67. The molecule has 0 aliphatic heterocycles. The summed E-state index contributed by atoms with van der Waals surface area (Å²) < 4.78 is 11.1. The molecule has 3 aromatic heterocycles. The number of hydrogen-bond donors (Lipinski definition) is 0. The number of hydrogen-bond acceptors (Lipinski definition) is 4. The van der Waals surface area contributed by atoms with Crippen molar-refractivity contribution in [2.24, 2.45) is 14.1 Å². The number of aromatic nitrogens is 5. The lowest BCUT2D eigenvalue weighted by Gasteiger charge is -2.12. The zero-order valence-electron chi connectivity index (χ0n) is 16.7. The van der Waals surface area contributed by atoms with Gasteiger partial charge in [0.05, 0.1) is 18.1 Å². The summed E-state index contributed by atoms with van der Waals surface area (Å²) in [6.07, 6.45) is 5.42. The molecule has 0 aliphatic rings. The number of imidazole rings is 1. The topological polar surface area (TPSA) is 66.3 Å². The van der Waals surface area contributed by atoms with E-state index in [0.717, 1.165) is 22.6 Å². The van der Waals surface area contributed by atoms with Gasteiger partial charge in [-0.05, 0) is 36.8 Å². The fourth-order valence-corrected chi connectivity index (χ4v) is 3.35. The average Bonchev–Trinajstić information content (AvgIpc) is 3.23. The van der Waals surface area contributed by atoms with Crippen LogP contribution in [-0.4, -0.2) is 23.7 Å². The van der Waals surface area contributed by atoms with E-state index in [0.29, 0.717) is 17.1 Å². The third-order valence-corrected chi connectivity index (χ3v) is 4.80. The van der Waals surface area contributed by atoms with Crippen molar-refractivity contribution in [2.75, 3.05) is 0 Å². The maximum absolute atomic E-state index is 12.7. The first-order valence-corrected chi connectivity index (χ1v) is 9.20. The predicted molar refractivity (Wildman–Crippen MR) is 108 cm³/mol. The third-order valence-electron chi connectivity index (χ3n) is 4.80. The van der Waals surface area contributed by atoms with Crippen molar-refractivity contribution in [3.8, 4) is 22.9 Å². The first kappa shape index (κ1) is 18.0. The molecule has 1 aromatic carbocycles. The number of benzene rings is 1. The molecule has 0 N–H and O–H groups in total. The lowest BCUT2D eigenvalue weighted by molar-refractivity contribution is 0.430. The Kier molecular flexibility index (Phi) is 4.30. The van der Waals surface area contributed by atoms with Gasteiger partial charge in [0.1, 0.15) is 17.1 Å². The van der Waals surface area contributed by atoms with E-state index in [1.807, 2.05) is 68.9 Å². The van der Waals surface area contributed by atoms with Gasteiger partial charge >= 0.3 is 0 Å². The van der Waals surface area contributed by atoms with Gasteiger partial charge in [-0.1, -0.05) is 13.8 Å². The molecule has 28 heavy (non-hydrogen) atoms. The molecule has 0 unspecified atom stereocenters. The van der Waals surface area contributed by atoms with Gasteiger partial charge < -0.3 is 4.74 Å². The maximum Gasteiger partial charge on any atom is 0.279 e. The molecule has 0 saturated carbocycles. The van der Waals surface area contributed by atoms with E-state index in [9.17, 15) is 4.79 Å². The van der Waals surface area contributed by atoms with Crippen LogP contribution in [0.15, 0.2) is 47.7 Å². The highest BCUT2D eigenvalue weighted by molar-refractivity contribution is 5.63. The second-order valence-electron chi connectivity index (χ2n) is 7.32. The largest absolute Gasteiger partial charge is 0.439 e. The Balaban J connectivity index is 1.70. The molecule has 0 aliphatic carbocycles. The molecule has 7 nitrogen and oxygen atoms in total. The molecule has 4 aromatic rings. The molecular weight excluding hydrogens is 354 g/mol. The van der Waals surface area contributed by atoms with Gasteiger partial charge in [-0.3, -0.25) is 18.4 Å². The number of rotatable bonds is 4. The van der Waals surface area contributed by atoms with Crippen molar-refractivity contribution in [3.63, 3.8) is 0 Å². The van der Waals surface area contributed by atoms with Gasteiger partial charge in [-0.15, -0.1) is 0 Å². The second-order valence-corrected chi connectivity index (χ2v) is 7.32. The summed E-state index contributed by atoms with van der Waals surface area (Å²) in [6.45, 7) is 6.13. The van der Waals surface area contributed by atoms with Gasteiger partial charge in [0, 0.05) is 31.8 Å². The molecule has 4 rings (SSSR count). The fraction of sp³-hybridized carbons (Fsp3) is 0.286. The Bertz CT molecular complexity index is 1210. The lowest BCUT2D eigenvalue weighted by Crippen LogP contribution is -2.20. The molecule has 144 valence electrons. The standard InChI is InChI=1S/C21H23N5O2/c1-13(2)20-22-10-17-21(27)25(5)18(12-26(17)20)28-16-8-6-15(7-9-16)19-14(3)11-24(4)23-19/h6-13H,1-5H3. The fourth-order valence-electron chi connectivity index (χ4n) is 3.35. The Hall–Kier alpha value is -3.35. The van der Waals surface area contributed by atoms with E-state index in [4.69, 9.17) is 4.74 Å². The number of fused-ring (bicyclic) bond motifs is 1. The number of ether oxygens (including phenoxy) is 1. The number of nitrogens with zero attached hydrogens (tertiary/aromatic N) is 5. The molecule has 0 amide bonds. The molecule has 0 radical (unpaired) electrons. The Morgan fingerprint density at radius 1 is 1.07 bits per heavy atom. The Morgan fingerprint density at radius 2 is 1.79 bits per heavy atom. The normalized spacial score (nSPS) is 11.5. The van der Waals surface area contributed by atoms with Crippen LogP contribution in [0.25, 0.3) is 16.8 Å². The first-order chi connectivity index (χ1) is 13.3. The predicted octanol–water partition coefficient (Wildman–Crippen LogP) is 3.66. The summed E-state index contributed by atoms with van der Waals surface area (Å²) in [5, 5.41) is 4.49. The molecule has 0 saturated heterocycles. The van der Waals surface area contributed by atoms with Crippen molar-refractivity contribution in [1.82, 2.24) is 23.7 Å². The Morgan fingerprint density at radius 3 is 2.39 bits per heavy atom. The van der Waals surface area contributed by atoms with Crippen LogP contribution in [0.1, 0.15) is 31.2 Å². The van der Waals surface area contributed by atoms with Gasteiger partial charge in [-0.2, -0.15) is 5.10 Å². The minimum absolute atomic E-state index is 0.141. The first-order valence-electron chi connectivity index (χ1n) is 9.20. The Labute approximate surface area is 162 Å². The van der Waals surface area contributed by atoms with Crippen LogP contribution >= 0.6 is 0 Å². The van der Waals surface area contributed by atoms with Gasteiger partial charge in [0.25, 0.3) is 5.56 Å². The van der Waals surface area contributed by atoms with Crippen LogP contribution in [0, 0.1) is 6.92 Å². The minimum atomic E-state index is -0.141.